The molecule has 0 saturated heterocycles. The highest BCUT2D eigenvalue weighted by atomic mass is 32.2. The summed E-state index contributed by atoms with van der Waals surface area (Å²) in [6, 6.07) is 26.2. The zero-order valence-corrected chi connectivity index (χ0v) is 36.9. The van der Waals surface area contributed by atoms with E-state index in [1.807, 2.05) is 59.5 Å². The van der Waals surface area contributed by atoms with E-state index in [0.717, 1.165) is 34.7 Å². The lowest BCUT2D eigenvalue weighted by atomic mass is 10.2. The van der Waals surface area contributed by atoms with Gasteiger partial charge in [0.1, 0.15) is 5.69 Å². The molecular formula is C45H50N11O6S+. The van der Waals surface area contributed by atoms with Gasteiger partial charge in [0.15, 0.2) is 24.8 Å². The smallest absolute Gasteiger partial charge is 0.319 e. The van der Waals surface area contributed by atoms with Gasteiger partial charge < -0.3 is 34.2 Å². The molecule has 17 nitrogen and oxygen atoms in total. The molecule has 0 unspecified atom stereocenters. The Balaban J connectivity index is 0.000000335. The number of quaternary nitrogens is 2. The van der Waals surface area contributed by atoms with Crippen LogP contribution in [0.2, 0.25) is 0 Å². The number of ether oxygens (including phenoxy) is 1. The summed E-state index contributed by atoms with van der Waals surface area (Å²) in [5, 5.41) is 41.3. The van der Waals surface area contributed by atoms with Gasteiger partial charge in [0, 0.05) is 78.1 Å². The van der Waals surface area contributed by atoms with E-state index in [9.17, 15) is 22.6 Å². The normalized spacial score (nSPS) is 10.2. The van der Waals surface area contributed by atoms with E-state index in [-0.39, 0.29) is 17.7 Å². The molecule has 63 heavy (non-hydrogen) atoms. The summed E-state index contributed by atoms with van der Waals surface area (Å²) in [5.74, 6) is 14.7. The van der Waals surface area contributed by atoms with Crippen LogP contribution >= 0.6 is 0 Å². The van der Waals surface area contributed by atoms with E-state index in [0.29, 0.717) is 59.3 Å². The third kappa shape index (κ3) is 23.8. The first-order chi connectivity index (χ1) is 29.8. The van der Waals surface area contributed by atoms with Crippen LogP contribution < -0.4 is 16.0 Å². The molecule has 1 heterocycles. The standard InChI is InChI=1S/C18H24N4O4S.C14H15N3O.C13H10N4O/c1-22(2,14-5-15-27(24,25)26)13-4-12-20-18(23)21-17-9-7-16(8-10-17)6-3-11-19;1-17(2,3)11-14(18)16-13-8-6-12(7-9-13)5-4-10-15;1-18-10-12-9-17(16-15-12)13-6-4-11(5-7-13)3-2-8-14/h7-10H,4-5,12-15H2,1-2H3,(H2-,20,21,23,24,25,26);6-9H,11H2,1-3H3;4-7,9H,10H2,1H3/p+1. The largest absolute Gasteiger partial charge is 0.748 e. The summed E-state index contributed by atoms with van der Waals surface area (Å²) in [4.78, 5) is 23.6. The highest BCUT2D eigenvalue weighted by Crippen LogP contribution is 2.11. The lowest BCUT2D eigenvalue weighted by Gasteiger charge is -2.30. The highest BCUT2D eigenvalue weighted by Gasteiger charge is 2.16. The molecule has 18 heteroatoms. The van der Waals surface area contributed by atoms with Crippen molar-refractivity contribution in [2.45, 2.75) is 19.4 Å². The molecule has 0 atom stereocenters. The van der Waals surface area contributed by atoms with Crippen LogP contribution in [-0.4, -0.2) is 123 Å². The summed E-state index contributed by atoms with van der Waals surface area (Å²) in [6.45, 7) is 2.64. The Kier molecular flexibility index (Phi) is 21.8. The van der Waals surface area contributed by atoms with Crippen LogP contribution in [0.3, 0.4) is 0 Å². The number of anilines is 2. The Morgan fingerprint density at radius 1 is 0.746 bits per heavy atom. The van der Waals surface area contributed by atoms with E-state index in [4.69, 9.17) is 20.5 Å². The average molecular weight is 873 g/mol. The summed E-state index contributed by atoms with van der Waals surface area (Å²) in [6.07, 6.45) is 2.84. The molecule has 0 saturated carbocycles. The molecule has 0 aliphatic heterocycles. The van der Waals surface area contributed by atoms with Crippen LogP contribution in [0.5, 0.6) is 0 Å². The predicted molar refractivity (Wildman–Crippen MR) is 237 cm³/mol. The Bertz CT molecular complexity index is 2550. The molecule has 3 amide bonds. The molecular weight excluding hydrogens is 823 g/mol. The fraction of sp³-hybridized carbons (Fsp3) is 0.311. The number of benzene rings is 3. The van der Waals surface area contributed by atoms with Gasteiger partial charge in [-0.05, 0) is 72.8 Å². The topological polar surface area (TPSA) is 239 Å². The molecule has 1 aromatic heterocycles. The van der Waals surface area contributed by atoms with Crippen LogP contribution in [0.4, 0.5) is 16.2 Å². The van der Waals surface area contributed by atoms with Gasteiger partial charge in [-0.2, -0.15) is 15.8 Å². The SMILES string of the molecule is COCc1cn(-c2ccc(C#CC#N)cc2)nn1.C[N+](C)(C)CC(=O)Nc1ccc(C#CC#N)cc1.C[N+](C)(CCCNC(=O)Nc1ccc(C#CC#N)cc1)CCCS(=O)(=O)[O-]. The Morgan fingerprint density at radius 3 is 1.68 bits per heavy atom. The lowest BCUT2D eigenvalue weighted by Crippen LogP contribution is -2.43. The van der Waals surface area contributed by atoms with Gasteiger partial charge in [-0.1, -0.05) is 23.0 Å². The number of nitriles is 3. The zero-order chi connectivity index (χ0) is 46.7. The number of likely N-dealkylation sites (N-methyl/N-ethyl adjacent to an activating group) is 1. The second-order valence-electron chi connectivity index (χ2n) is 15.1. The van der Waals surface area contributed by atoms with Gasteiger partial charge in [0.05, 0.1) is 76.9 Å². The average Bonchev–Trinajstić information content (AvgIpc) is 3.69. The summed E-state index contributed by atoms with van der Waals surface area (Å²) in [5.41, 5.74) is 5.23. The van der Waals surface area contributed by atoms with Crippen LogP contribution in [0.1, 0.15) is 35.2 Å². The predicted octanol–water partition coefficient (Wildman–Crippen LogP) is 3.58. The summed E-state index contributed by atoms with van der Waals surface area (Å²) < 4.78 is 39.7. The minimum absolute atomic E-state index is 0.0293. The molecule has 0 aliphatic rings. The van der Waals surface area contributed by atoms with Crippen LogP contribution in [0.15, 0.2) is 79.0 Å². The van der Waals surface area contributed by atoms with Crippen molar-refractivity contribution in [2.24, 2.45) is 0 Å². The number of nitrogens with zero attached hydrogens (tertiary/aromatic N) is 8. The number of urea groups is 1. The number of carbonyl (C=O) groups excluding carboxylic acids is 2. The van der Waals surface area contributed by atoms with Crippen LogP contribution in [-0.2, 0) is 26.3 Å². The van der Waals surface area contributed by atoms with Crippen molar-refractivity contribution in [1.29, 1.82) is 15.8 Å². The Labute approximate surface area is 369 Å². The third-order valence-electron chi connectivity index (χ3n) is 8.07. The maximum absolute atomic E-state index is 11.9. The molecule has 0 spiro atoms. The number of amides is 3. The maximum Gasteiger partial charge on any atom is 0.319 e. The molecule has 4 aromatic rings. The molecule has 3 aromatic carbocycles. The van der Waals surface area contributed by atoms with Gasteiger partial charge in [-0.15, -0.1) is 5.10 Å². The van der Waals surface area contributed by atoms with E-state index < -0.39 is 10.1 Å². The zero-order valence-electron chi connectivity index (χ0n) is 36.1. The fourth-order valence-electron chi connectivity index (χ4n) is 5.21. The van der Waals surface area contributed by atoms with E-state index >= 15 is 0 Å². The van der Waals surface area contributed by atoms with E-state index in [1.54, 1.807) is 84.7 Å². The van der Waals surface area contributed by atoms with Gasteiger partial charge in [0.2, 0.25) is 0 Å². The monoisotopic (exact) mass is 872 g/mol. The Morgan fingerprint density at radius 2 is 1.22 bits per heavy atom. The van der Waals surface area contributed by atoms with Gasteiger partial charge in [-0.3, -0.25) is 4.79 Å². The van der Waals surface area contributed by atoms with Crippen molar-refractivity contribution in [1.82, 2.24) is 20.3 Å². The number of aromatic nitrogens is 3. The molecule has 3 N–H and O–H groups in total. The van der Waals surface area contributed by atoms with Crippen molar-refractivity contribution in [2.75, 3.05) is 84.9 Å². The summed E-state index contributed by atoms with van der Waals surface area (Å²) >= 11 is 0. The van der Waals surface area contributed by atoms with Crippen LogP contribution in [0.25, 0.3) is 5.69 Å². The van der Waals surface area contributed by atoms with Crippen molar-refractivity contribution in [3.63, 3.8) is 0 Å². The number of methoxy groups -OCH3 is 1. The first kappa shape index (κ1) is 51.6. The number of hydrogen-bond acceptors (Lipinski definition) is 11. The van der Waals surface area contributed by atoms with E-state index in [1.165, 1.54) is 0 Å². The molecule has 326 valence electrons. The van der Waals surface area contributed by atoms with Crippen molar-refractivity contribution in [3.8, 4) is 59.4 Å². The van der Waals surface area contributed by atoms with Gasteiger partial charge >= 0.3 is 6.03 Å². The molecule has 0 fully saturated rings. The highest BCUT2D eigenvalue weighted by molar-refractivity contribution is 7.85. The molecule has 0 radical (unpaired) electrons. The van der Waals surface area contributed by atoms with Gasteiger partial charge in [-0.25, -0.2) is 17.9 Å². The van der Waals surface area contributed by atoms with Crippen molar-refractivity contribution >= 4 is 33.4 Å². The van der Waals surface area contributed by atoms with Gasteiger partial charge in [0.25, 0.3) is 5.91 Å². The van der Waals surface area contributed by atoms with Crippen LogP contribution in [0, 0.1) is 69.5 Å². The number of carbonyl (C=O) groups is 2. The second kappa shape index (κ2) is 26.6. The minimum atomic E-state index is -4.17. The summed E-state index contributed by atoms with van der Waals surface area (Å²) in [7, 11) is 7.23. The van der Waals surface area contributed by atoms with Crippen molar-refractivity contribution in [3.05, 3.63) is 101 Å². The van der Waals surface area contributed by atoms with Crippen molar-refractivity contribution < 1.29 is 36.3 Å². The first-order valence-corrected chi connectivity index (χ1v) is 20.7. The number of hydrogen-bond donors (Lipinski definition) is 3. The molecule has 0 aliphatic carbocycles. The fourth-order valence-corrected chi connectivity index (χ4v) is 5.69. The maximum atomic E-state index is 11.9. The third-order valence-corrected chi connectivity index (χ3v) is 8.85. The Hall–Kier alpha value is -7.52. The first-order valence-electron chi connectivity index (χ1n) is 19.2. The quantitative estimate of drug-likeness (QED) is 0.0675. The van der Waals surface area contributed by atoms with E-state index in [2.05, 4.69) is 61.8 Å². The lowest BCUT2D eigenvalue weighted by molar-refractivity contribution is -0.890. The molecule has 4 rings (SSSR count). The number of nitrogens with one attached hydrogen (secondary N) is 3. The molecule has 0 bridgehead atoms. The second-order valence-corrected chi connectivity index (χ2v) is 16.6. The minimum Gasteiger partial charge on any atom is -0.748 e. The number of rotatable bonds is 15.